The van der Waals surface area contributed by atoms with Gasteiger partial charge < -0.3 is 10.2 Å². The van der Waals surface area contributed by atoms with Gasteiger partial charge in [-0.3, -0.25) is 0 Å². The Kier molecular flexibility index (Phi) is 3.08. The van der Waals surface area contributed by atoms with E-state index in [1.54, 1.807) is 0 Å². The standard InChI is InChI=1S/C11H18N2S/c1-9-5-8-14-11(9)13(2)10-3-6-12-7-4-10/h5,8,10,12H,3-4,6-7H2,1-2H3. The highest BCUT2D eigenvalue weighted by atomic mass is 32.1. The molecule has 0 radical (unpaired) electrons. The number of rotatable bonds is 2. The molecule has 0 amide bonds. The third kappa shape index (κ3) is 1.93. The highest BCUT2D eigenvalue weighted by molar-refractivity contribution is 7.14. The number of anilines is 1. The second-order valence-electron chi connectivity index (χ2n) is 4.00. The third-order valence-electron chi connectivity index (χ3n) is 3.01. The summed E-state index contributed by atoms with van der Waals surface area (Å²) in [5, 5.41) is 7.03. The molecule has 14 heavy (non-hydrogen) atoms. The molecule has 1 aromatic heterocycles. The molecule has 0 spiro atoms. The maximum Gasteiger partial charge on any atom is 0.0938 e. The molecule has 1 fully saturated rings. The number of hydrogen-bond donors (Lipinski definition) is 1. The van der Waals surface area contributed by atoms with Gasteiger partial charge in [0, 0.05) is 13.1 Å². The van der Waals surface area contributed by atoms with Gasteiger partial charge in [-0.2, -0.15) is 0 Å². The number of nitrogens with one attached hydrogen (secondary N) is 1. The molecule has 2 heterocycles. The molecule has 1 N–H and O–H groups in total. The van der Waals surface area contributed by atoms with Crippen LogP contribution in [0.4, 0.5) is 5.00 Å². The summed E-state index contributed by atoms with van der Waals surface area (Å²) in [6.45, 7) is 4.53. The number of aryl methyl sites for hydroxylation is 1. The van der Waals surface area contributed by atoms with E-state index in [0.717, 1.165) is 6.04 Å². The summed E-state index contributed by atoms with van der Waals surface area (Å²) >= 11 is 1.86. The fourth-order valence-electron chi connectivity index (χ4n) is 2.09. The van der Waals surface area contributed by atoms with E-state index >= 15 is 0 Å². The topological polar surface area (TPSA) is 15.3 Å². The van der Waals surface area contributed by atoms with Crippen LogP contribution < -0.4 is 10.2 Å². The second-order valence-corrected chi connectivity index (χ2v) is 4.90. The predicted octanol–water partition coefficient (Wildman–Crippen LogP) is 2.24. The zero-order valence-electron chi connectivity index (χ0n) is 8.92. The average Bonchev–Trinajstić information content (AvgIpc) is 2.65. The Morgan fingerprint density at radius 1 is 1.43 bits per heavy atom. The van der Waals surface area contributed by atoms with Gasteiger partial charge in [-0.05, 0) is 49.9 Å². The van der Waals surface area contributed by atoms with Gasteiger partial charge in [0.25, 0.3) is 0 Å². The van der Waals surface area contributed by atoms with Crippen LogP contribution in [0.2, 0.25) is 0 Å². The molecule has 1 aliphatic heterocycles. The number of nitrogens with zero attached hydrogens (tertiary/aromatic N) is 1. The first kappa shape index (κ1) is 9.99. The summed E-state index contributed by atoms with van der Waals surface area (Å²) in [4.78, 5) is 2.46. The van der Waals surface area contributed by atoms with Gasteiger partial charge in [-0.25, -0.2) is 0 Å². The quantitative estimate of drug-likeness (QED) is 0.805. The summed E-state index contributed by atoms with van der Waals surface area (Å²) in [6, 6.07) is 2.94. The molecule has 2 nitrogen and oxygen atoms in total. The Balaban J connectivity index is 2.07. The summed E-state index contributed by atoms with van der Waals surface area (Å²) in [5.41, 5.74) is 1.41. The number of hydrogen-bond acceptors (Lipinski definition) is 3. The Morgan fingerprint density at radius 3 is 2.71 bits per heavy atom. The lowest BCUT2D eigenvalue weighted by atomic mass is 10.1. The molecule has 0 unspecified atom stereocenters. The van der Waals surface area contributed by atoms with Gasteiger partial charge in [0.15, 0.2) is 0 Å². The molecule has 1 aliphatic rings. The molecule has 0 saturated carbocycles. The Morgan fingerprint density at radius 2 is 2.14 bits per heavy atom. The van der Waals surface area contributed by atoms with Crippen molar-refractivity contribution < 1.29 is 0 Å². The zero-order valence-corrected chi connectivity index (χ0v) is 9.73. The van der Waals surface area contributed by atoms with E-state index in [2.05, 4.69) is 35.6 Å². The minimum atomic E-state index is 0.730. The van der Waals surface area contributed by atoms with Crippen LogP contribution in [-0.4, -0.2) is 26.2 Å². The lowest BCUT2D eigenvalue weighted by Crippen LogP contribution is -2.41. The minimum Gasteiger partial charge on any atom is -0.363 e. The normalized spacial score (nSPS) is 18.4. The highest BCUT2D eigenvalue weighted by Gasteiger charge is 2.19. The fraction of sp³-hybridized carbons (Fsp3) is 0.636. The Hall–Kier alpha value is -0.540. The van der Waals surface area contributed by atoms with Gasteiger partial charge in [-0.15, -0.1) is 11.3 Å². The van der Waals surface area contributed by atoms with Crippen molar-refractivity contribution in [2.24, 2.45) is 0 Å². The maximum absolute atomic E-state index is 3.41. The van der Waals surface area contributed by atoms with Gasteiger partial charge in [0.2, 0.25) is 0 Å². The van der Waals surface area contributed by atoms with Crippen molar-refractivity contribution in [3.05, 3.63) is 17.0 Å². The summed E-state index contributed by atoms with van der Waals surface area (Å²) in [7, 11) is 2.23. The van der Waals surface area contributed by atoms with Crippen molar-refractivity contribution in [2.45, 2.75) is 25.8 Å². The maximum atomic E-state index is 3.41. The monoisotopic (exact) mass is 210 g/mol. The van der Waals surface area contributed by atoms with Crippen LogP contribution in [0.5, 0.6) is 0 Å². The van der Waals surface area contributed by atoms with Gasteiger partial charge in [0.05, 0.1) is 5.00 Å². The first-order valence-corrected chi connectivity index (χ1v) is 6.14. The molecular formula is C11H18N2S. The molecule has 2 rings (SSSR count). The Bertz CT molecular complexity index is 289. The number of thiophene rings is 1. The molecule has 0 aromatic carbocycles. The Labute approximate surface area is 89.9 Å². The van der Waals surface area contributed by atoms with Crippen LogP contribution in [-0.2, 0) is 0 Å². The van der Waals surface area contributed by atoms with E-state index in [4.69, 9.17) is 0 Å². The molecule has 1 aromatic rings. The summed E-state index contributed by atoms with van der Waals surface area (Å²) in [6.07, 6.45) is 2.54. The van der Waals surface area contributed by atoms with Gasteiger partial charge >= 0.3 is 0 Å². The lowest BCUT2D eigenvalue weighted by Gasteiger charge is -2.32. The fourth-order valence-corrected chi connectivity index (χ4v) is 3.06. The van der Waals surface area contributed by atoms with E-state index < -0.39 is 0 Å². The van der Waals surface area contributed by atoms with Crippen molar-refractivity contribution in [3.8, 4) is 0 Å². The predicted molar refractivity (Wildman–Crippen MR) is 63.4 cm³/mol. The second kappa shape index (κ2) is 4.32. The lowest BCUT2D eigenvalue weighted by molar-refractivity contribution is 0.444. The van der Waals surface area contributed by atoms with Crippen molar-refractivity contribution in [1.82, 2.24) is 5.32 Å². The largest absolute Gasteiger partial charge is 0.363 e. The molecule has 78 valence electrons. The van der Waals surface area contributed by atoms with Gasteiger partial charge in [-0.1, -0.05) is 0 Å². The molecule has 3 heteroatoms. The molecule has 0 atom stereocenters. The van der Waals surface area contributed by atoms with E-state index in [1.807, 2.05) is 11.3 Å². The first-order valence-electron chi connectivity index (χ1n) is 5.26. The van der Waals surface area contributed by atoms with Crippen molar-refractivity contribution in [1.29, 1.82) is 0 Å². The highest BCUT2D eigenvalue weighted by Crippen LogP contribution is 2.29. The van der Waals surface area contributed by atoms with Crippen LogP contribution in [0.1, 0.15) is 18.4 Å². The third-order valence-corrected chi connectivity index (χ3v) is 4.12. The first-order chi connectivity index (χ1) is 6.79. The van der Waals surface area contributed by atoms with E-state index in [-0.39, 0.29) is 0 Å². The average molecular weight is 210 g/mol. The molecular weight excluding hydrogens is 192 g/mol. The minimum absolute atomic E-state index is 0.730. The molecule has 1 saturated heterocycles. The molecule has 0 bridgehead atoms. The van der Waals surface area contributed by atoms with Crippen LogP contribution >= 0.6 is 11.3 Å². The summed E-state index contributed by atoms with van der Waals surface area (Å²) < 4.78 is 0. The van der Waals surface area contributed by atoms with Crippen LogP contribution in [0.3, 0.4) is 0 Å². The zero-order chi connectivity index (χ0) is 9.97. The smallest absolute Gasteiger partial charge is 0.0938 e. The van der Waals surface area contributed by atoms with Crippen molar-refractivity contribution in [3.63, 3.8) is 0 Å². The van der Waals surface area contributed by atoms with Crippen molar-refractivity contribution >= 4 is 16.3 Å². The van der Waals surface area contributed by atoms with E-state index in [9.17, 15) is 0 Å². The van der Waals surface area contributed by atoms with Crippen molar-refractivity contribution in [2.75, 3.05) is 25.0 Å². The van der Waals surface area contributed by atoms with Crippen LogP contribution in [0.25, 0.3) is 0 Å². The van der Waals surface area contributed by atoms with Gasteiger partial charge in [0.1, 0.15) is 0 Å². The molecule has 0 aliphatic carbocycles. The van der Waals surface area contributed by atoms with E-state index in [1.165, 1.54) is 36.5 Å². The van der Waals surface area contributed by atoms with Crippen LogP contribution in [0, 0.1) is 6.92 Å². The SMILES string of the molecule is Cc1ccsc1N(C)C1CCNCC1. The summed E-state index contributed by atoms with van der Waals surface area (Å²) in [5.74, 6) is 0. The number of piperidine rings is 1. The van der Waals surface area contributed by atoms with E-state index in [0.29, 0.717) is 0 Å². The van der Waals surface area contributed by atoms with Crippen LogP contribution in [0.15, 0.2) is 11.4 Å².